The highest BCUT2D eigenvalue weighted by Gasteiger charge is 2.13. The van der Waals surface area contributed by atoms with Crippen molar-refractivity contribution in [3.8, 4) is 0 Å². The highest BCUT2D eigenvalue weighted by atomic mass is 35.5. The van der Waals surface area contributed by atoms with Crippen LogP contribution in [0.3, 0.4) is 0 Å². The summed E-state index contributed by atoms with van der Waals surface area (Å²) in [6, 6.07) is 13.5. The predicted octanol–water partition coefficient (Wildman–Crippen LogP) is 3.98. The standard InChI is InChI=1S/C17H17ClN2O2/c1-11(19-15-9-5-14(18)6-10-15)17(22)20-16-7-3-13(4-8-16)12(2)21/h3-11,19H,1-2H3,(H,20,22)/t11-/m1/s1. The van der Waals surface area contributed by atoms with E-state index in [2.05, 4.69) is 10.6 Å². The van der Waals surface area contributed by atoms with Gasteiger partial charge >= 0.3 is 0 Å². The van der Waals surface area contributed by atoms with E-state index in [1.54, 1.807) is 43.3 Å². The third kappa shape index (κ3) is 4.33. The molecule has 0 aliphatic rings. The van der Waals surface area contributed by atoms with Gasteiger partial charge in [-0.2, -0.15) is 0 Å². The molecule has 0 spiro atoms. The summed E-state index contributed by atoms with van der Waals surface area (Å²) in [7, 11) is 0. The van der Waals surface area contributed by atoms with Crippen LogP contribution < -0.4 is 10.6 Å². The number of carbonyl (C=O) groups excluding carboxylic acids is 2. The van der Waals surface area contributed by atoms with Crippen LogP contribution in [0.2, 0.25) is 5.02 Å². The molecule has 0 fully saturated rings. The van der Waals surface area contributed by atoms with E-state index in [-0.39, 0.29) is 11.7 Å². The third-order valence-corrected chi connectivity index (χ3v) is 3.43. The first-order valence-corrected chi connectivity index (χ1v) is 7.27. The van der Waals surface area contributed by atoms with Gasteiger partial charge in [-0.05, 0) is 62.4 Å². The normalized spacial score (nSPS) is 11.6. The van der Waals surface area contributed by atoms with Crippen molar-refractivity contribution < 1.29 is 9.59 Å². The zero-order valence-electron chi connectivity index (χ0n) is 12.4. The van der Waals surface area contributed by atoms with Crippen molar-refractivity contribution in [2.45, 2.75) is 19.9 Å². The van der Waals surface area contributed by atoms with Gasteiger partial charge in [-0.1, -0.05) is 11.6 Å². The van der Waals surface area contributed by atoms with Gasteiger partial charge < -0.3 is 10.6 Å². The molecule has 0 saturated heterocycles. The van der Waals surface area contributed by atoms with E-state index in [1.165, 1.54) is 6.92 Å². The molecule has 2 N–H and O–H groups in total. The molecule has 5 heteroatoms. The van der Waals surface area contributed by atoms with Crippen LogP contribution in [0.25, 0.3) is 0 Å². The highest BCUT2D eigenvalue weighted by molar-refractivity contribution is 6.30. The number of anilines is 2. The summed E-state index contributed by atoms with van der Waals surface area (Å²) in [6.45, 7) is 3.28. The fraction of sp³-hybridized carbons (Fsp3) is 0.176. The molecule has 0 aliphatic heterocycles. The number of rotatable bonds is 5. The third-order valence-electron chi connectivity index (χ3n) is 3.18. The number of hydrogen-bond donors (Lipinski definition) is 2. The van der Waals surface area contributed by atoms with E-state index in [4.69, 9.17) is 11.6 Å². The summed E-state index contributed by atoms with van der Waals surface area (Å²) < 4.78 is 0. The molecule has 0 saturated carbocycles. The van der Waals surface area contributed by atoms with Crippen LogP contribution in [0.4, 0.5) is 11.4 Å². The summed E-state index contributed by atoms with van der Waals surface area (Å²) in [5, 5.41) is 6.54. The Morgan fingerprint density at radius 2 is 1.50 bits per heavy atom. The molecule has 1 amide bonds. The molecule has 2 aromatic rings. The fourth-order valence-corrected chi connectivity index (χ4v) is 2.03. The van der Waals surface area contributed by atoms with Gasteiger partial charge in [0.1, 0.15) is 6.04 Å². The highest BCUT2D eigenvalue weighted by Crippen LogP contribution is 2.15. The number of benzene rings is 2. The van der Waals surface area contributed by atoms with Gasteiger partial charge in [0, 0.05) is 22.0 Å². The Bertz CT molecular complexity index is 666. The van der Waals surface area contributed by atoms with E-state index in [0.29, 0.717) is 16.3 Å². The van der Waals surface area contributed by atoms with E-state index < -0.39 is 6.04 Å². The second-order valence-electron chi connectivity index (χ2n) is 5.00. The Kier molecular flexibility index (Phi) is 5.17. The predicted molar refractivity (Wildman–Crippen MR) is 89.6 cm³/mol. The molecular formula is C17H17ClN2O2. The molecule has 0 radical (unpaired) electrons. The number of nitrogens with one attached hydrogen (secondary N) is 2. The van der Waals surface area contributed by atoms with Crippen LogP contribution in [0.15, 0.2) is 48.5 Å². The summed E-state index contributed by atoms with van der Waals surface area (Å²) in [4.78, 5) is 23.3. The van der Waals surface area contributed by atoms with Gasteiger partial charge in [0.25, 0.3) is 0 Å². The molecule has 0 aliphatic carbocycles. The van der Waals surface area contributed by atoms with Gasteiger partial charge in [0.15, 0.2) is 5.78 Å². The van der Waals surface area contributed by atoms with Crippen molar-refractivity contribution in [2.24, 2.45) is 0 Å². The second kappa shape index (κ2) is 7.09. The molecule has 0 aromatic heterocycles. The lowest BCUT2D eigenvalue weighted by Gasteiger charge is -2.15. The maximum Gasteiger partial charge on any atom is 0.246 e. The molecule has 22 heavy (non-hydrogen) atoms. The lowest BCUT2D eigenvalue weighted by atomic mass is 10.1. The first kappa shape index (κ1) is 16.0. The minimum Gasteiger partial charge on any atom is -0.374 e. The minimum atomic E-state index is -0.409. The Hall–Kier alpha value is -2.33. The maximum atomic E-state index is 12.1. The van der Waals surface area contributed by atoms with Crippen LogP contribution >= 0.6 is 11.6 Å². The molecule has 4 nitrogen and oxygen atoms in total. The lowest BCUT2D eigenvalue weighted by molar-refractivity contribution is -0.116. The molecule has 1 atom stereocenters. The van der Waals surface area contributed by atoms with Crippen LogP contribution in [0.5, 0.6) is 0 Å². The fourth-order valence-electron chi connectivity index (χ4n) is 1.90. The van der Waals surface area contributed by atoms with Crippen molar-refractivity contribution in [1.29, 1.82) is 0 Å². The van der Waals surface area contributed by atoms with Gasteiger partial charge in [0.05, 0.1) is 0 Å². The van der Waals surface area contributed by atoms with Crippen LogP contribution in [0.1, 0.15) is 24.2 Å². The molecular weight excluding hydrogens is 300 g/mol. The van der Waals surface area contributed by atoms with Gasteiger partial charge in [-0.25, -0.2) is 0 Å². The Morgan fingerprint density at radius 1 is 0.955 bits per heavy atom. The quantitative estimate of drug-likeness (QED) is 0.820. The molecule has 0 heterocycles. The molecule has 0 bridgehead atoms. The molecule has 2 aromatic carbocycles. The van der Waals surface area contributed by atoms with Crippen molar-refractivity contribution >= 4 is 34.7 Å². The Labute approximate surface area is 134 Å². The zero-order chi connectivity index (χ0) is 16.1. The molecule has 2 rings (SSSR count). The SMILES string of the molecule is CC(=O)c1ccc(NC(=O)[C@@H](C)Nc2ccc(Cl)cc2)cc1. The van der Waals surface area contributed by atoms with Gasteiger partial charge in [-0.15, -0.1) is 0 Å². The number of amides is 1. The van der Waals surface area contributed by atoms with E-state index >= 15 is 0 Å². The summed E-state index contributed by atoms with van der Waals surface area (Å²) >= 11 is 5.82. The monoisotopic (exact) mass is 316 g/mol. The average molecular weight is 317 g/mol. The van der Waals surface area contributed by atoms with Crippen molar-refractivity contribution in [1.82, 2.24) is 0 Å². The van der Waals surface area contributed by atoms with E-state index in [0.717, 1.165) is 5.69 Å². The number of carbonyl (C=O) groups is 2. The Balaban J connectivity index is 1.95. The van der Waals surface area contributed by atoms with E-state index in [1.807, 2.05) is 12.1 Å². The number of ketones is 1. The van der Waals surface area contributed by atoms with Crippen molar-refractivity contribution in [3.05, 3.63) is 59.1 Å². The topological polar surface area (TPSA) is 58.2 Å². The average Bonchev–Trinajstić information content (AvgIpc) is 2.50. The number of Topliss-reactive ketones (excluding diaryl/α,β-unsaturated/α-hetero) is 1. The maximum absolute atomic E-state index is 12.1. The largest absolute Gasteiger partial charge is 0.374 e. The first-order valence-electron chi connectivity index (χ1n) is 6.89. The second-order valence-corrected chi connectivity index (χ2v) is 5.43. The van der Waals surface area contributed by atoms with Crippen LogP contribution in [-0.4, -0.2) is 17.7 Å². The number of halogens is 1. The lowest BCUT2D eigenvalue weighted by Crippen LogP contribution is -2.31. The summed E-state index contributed by atoms with van der Waals surface area (Å²) in [6.07, 6.45) is 0. The smallest absolute Gasteiger partial charge is 0.246 e. The van der Waals surface area contributed by atoms with Gasteiger partial charge in [-0.3, -0.25) is 9.59 Å². The van der Waals surface area contributed by atoms with Gasteiger partial charge in [0.2, 0.25) is 5.91 Å². The Morgan fingerprint density at radius 3 is 2.05 bits per heavy atom. The number of hydrogen-bond acceptors (Lipinski definition) is 3. The summed E-state index contributed by atoms with van der Waals surface area (Å²) in [5.74, 6) is -0.166. The minimum absolute atomic E-state index is 0.00403. The molecule has 114 valence electrons. The summed E-state index contributed by atoms with van der Waals surface area (Å²) in [5.41, 5.74) is 2.09. The van der Waals surface area contributed by atoms with Crippen molar-refractivity contribution in [3.63, 3.8) is 0 Å². The molecule has 0 unspecified atom stereocenters. The van der Waals surface area contributed by atoms with Crippen LogP contribution in [-0.2, 0) is 4.79 Å². The van der Waals surface area contributed by atoms with Crippen molar-refractivity contribution in [2.75, 3.05) is 10.6 Å². The van der Waals surface area contributed by atoms with E-state index in [9.17, 15) is 9.59 Å². The first-order chi connectivity index (χ1) is 10.5. The zero-order valence-corrected chi connectivity index (χ0v) is 13.1. The van der Waals surface area contributed by atoms with Crippen LogP contribution in [0, 0.1) is 0 Å².